The molecule has 1 saturated carbocycles. The molecule has 2 amide bonds. The molecule has 1 aromatic heterocycles. The standard InChI is InChI=1S/C13H22N4O2/c1-9(10-7-14-17(2)8-10)15-13(19)16-11-3-5-12(18)6-4-11/h7-9,11-12,18H,3-6H2,1-2H3,(H2,15,16,19). The molecule has 6 nitrogen and oxygen atoms in total. The summed E-state index contributed by atoms with van der Waals surface area (Å²) >= 11 is 0. The first-order valence-corrected chi connectivity index (χ1v) is 6.78. The molecular formula is C13H22N4O2. The smallest absolute Gasteiger partial charge is 0.315 e. The van der Waals surface area contributed by atoms with E-state index in [4.69, 9.17) is 0 Å². The highest BCUT2D eigenvalue weighted by Gasteiger charge is 2.21. The summed E-state index contributed by atoms with van der Waals surface area (Å²) in [6.07, 6.45) is 6.66. The van der Waals surface area contributed by atoms with Crippen molar-refractivity contribution in [2.24, 2.45) is 7.05 Å². The van der Waals surface area contributed by atoms with Crippen LogP contribution in [0.2, 0.25) is 0 Å². The molecule has 0 bridgehead atoms. The molecule has 3 N–H and O–H groups in total. The number of nitrogens with zero attached hydrogens (tertiary/aromatic N) is 2. The SMILES string of the molecule is CC(NC(=O)NC1CCC(O)CC1)c1cnn(C)c1. The molecule has 0 spiro atoms. The Balaban J connectivity index is 1.78. The summed E-state index contributed by atoms with van der Waals surface area (Å²) in [4.78, 5) is 11.9. The average Bonchev–Trinajstić information content (AvgIpc) is 2.79. The second-order valence-corrected chi connectivity index (χ2v) is 5.29. The van der Waals surface area contributed by atoms with Crippen LogP contribution in [0.25, 0.3) is 0 Å². The number of aliphatic hydroxyl groups is 1. The third-order valence-corrected chi connectivity index (χ3v) is 3.60. The van der Waals surface area contributed by atoms with Gasteiger partial charge in [-0.2, -0.15) is 5.10 Å². The van der Waals surface area contributed by atoms with Gasteiger partial charge in [-0.25, -0.2) is 4.79 Å². The van der Waals surface area contributed by atoms with Crippen molar-refractivity contribution in [1.29, 1.82) is 0 Å². The third kappa shape index (κ3) is 3.96. The second-order valence-electron chi connectivity index (χ2n) is 5.29. The number of amides is 2. The Hall–Kier alpha value is -1.56. The molecule has 1 aromatic rings. The molecule has 1 aliphatic rings. The van der Waals surface area contributed by atoms with Gasteiger partial charge in [-0.1, -0.05) is 0 Å². The Kier molecular flexibility index (Phi) is 4.42. The molecule has 0 aliphatic heterocycles. The number of rotatable bonds is 3. The van der Waals surface area contributed by atoms with Crippen LogP contribution in [0.15, 0.2) is 12.4 Å². The van der Waals surface area contributed by atoms with E-state index in [1.165, 1.54) is 0 Å². The van der Waals surface area contributed by atoms with Gasteiger partial charge in [-0.15, -0.1) is 0 Å². The normalized spacial score (nSPS) is 24.8. The number of hydrogen-bond donors (Lipinski definition) is 3. The van der Waals surface area contributed by atoms with E-state index in [0.29, 0.717) is 0 Å². The van der Waals surface area contributed by atoms with Crippen LogP contribution in [0.1, 0.15) is 44.2 Å². The summed E-state index contributed by atoms with van der Waals surface area (Å²) < 4.78 is 1.72. The molecule has 0 radical (unpaired) electrons. The molecule has 1 atom stereocenters. The predicted octanol–water partition coefficient (Wildman–Crippen LogP) is 1.08. The minimum absolute atomic E-state index is 0.0668. The van der Waals surface area contributed by atoms with Crippen molar-refractivity contribution in [3.8, 4) is 0 Å². The largest absolute Gasteiger partial charge is 0.393 e. The first kappa shape index (κ1) is 13.9. The van der Waals surface area contributed by atoms with Gasteiger partial charge >= 0.3 is 6.03 Å². The van der Waals surface area contributed by atoms with Gasteiger partial charge in [0.2, 0.25) is 0 Å². The molecule has 2 rings (SSSR count). The van der Waals surface area contributed by atoms with E-state index in [1.807, 2.05) is 20.2 Å². The lowest BCUT2D eigenvalue weighted by Crippen LogP contribution is -2.44. The predicted molar refractivity (Wildman–Crippen MR) is 71.6 cm³/mol. The van der Waals surface area contributed by atoms with Crippen LogP contribution in [-0.2, 0) is 7.05 Å². The lowest BCUT2D eigenvalue weighted by Gasteiger charge is -2.26. The van der Waals surface area contributed by atoms with Crippen LogP contribution in [0.4, 0.5) is 4.79 Å². The Morgan fingerprint density at radius 1 is 1.47 bits per heavy atom. The number of carbonyl (C=O) groups excluding carboxylic acids is 1. The van der Waals surface area contributed by atoms with Crippen LogP contribution in [0.3, 0.4) is 0 Å². The fourth-order valence-electron chi connectivity index (χ4n) is 2.39. The van der Waals surface area contributed by atoms with Crippen LogP contribution in [0, 0.1) is 0 Å². The Bertz CT molecular complexity index is 424. The molecular weight excluding hydrogens is 244 g/mol. The number of nitrogens with one attached hydrogen (secondary N) is 2. The lowest BCUT2D eigenvalue weighted by atomic mass is 9.93. The van der Waals surface area contributed by atoms with E-state index in [-0.39, 0.29) is 24.2 Å². The van der Waals surface area contributed by atoms with Crippen LogP contribution >= 0.6 is 0 Å². The molecule has 1 aliphatic carbocycles. The summed E-state index contributed by atoms with van der Waals surface area (Å²) in [7, 11) is 1.85. The van der Waals surface area contributed by atoms with E-state index in [2.05, 4.69) is 15.7 Å². The van der Waals surface area contributed by atoms with Gasteiger partial charge in [0.1, 0.15) is 0 Å². The molecule has 19 heavy (non-hydrogen) atoms. The van der Waals surface area contributed by atoms with Gasteiger partial charge in [-0.3, -0.25) is 4.68 Å². The summed E-state index contributed by atoms with van der Waals surface area (Å²) in [6, 6.07) is -0.0508. The Morgan fingerprint density at radius 3 is 2.74 bits per heavy atom. The molecule has 1 fully saturated rings. The van der Waals surface area contributed by atoms with E-state index in [1.54, 1.807) is 10.9 Å². The number of aryl methyl sites for hydroxylation is 1. The molecule has 6 heteroatoms. The molecule has 106 valence electrons. The maximum atomic E-state index is 11.9. The zero-order chi connectivity index (χ0) is 13.8. The summed E-state index contributed by atoms with van der Waals surface area (Å²) in [5.74, 6) is 0. The van der Waals surface area contributed by atoms with Gasteiger partial charge in [0.05, 0.1) is 18.3 Å². The maximum Gasteiger partial charge on any atom is 0.315 e. The quantitative estimate of drug-likeness (QED) is 0.766. The molecule has 1 heterocycles. The number of aliphatic hydroxyl groups excluding tert-OH is 1. The summed E-state index contributed by atoms with van der Waals surface area (Å²) in [5.41, 5.74) is 0.983. The van der Waals surface area contributed by atoms with Crippen molar-refractivity contribution in [1.82, 2.24) is 20.4 Å². The van der Waals surface area contributed by atoms with Crippen molar-refractivity contribution in [3.05, 3.63) is 18.0 Å². The van der Waals surface area contributed by atoms with Gasteiger partial charge < -0.3 is 15.7 Å². The molecule has 0 saturated heterocycles. The van der Waals surface area contributed by atoms with E-state index < -0.39 is 0 Å². The third-order valence-electron chi connectivity index (χ3n) is 3.60. The van der Waals surface area contributed by atoms with Crippen LogP contribution < -0.4 is 10.6 Å². The van der Waals surface area contributed by atoms with Gasteiger partial charge in [0, 0.05) is 24.8 Å². The number of carbonyl (C=O) groups is 1. The minimum atomic E-state index is -0.199. The van der Waals surface area contributed by atoms with Gasteiger partial charge in [-0.05, 0) is 32.6 Å². The van der Waals surface area contributed by atoms with Gasteiger partial charge in [0.25, 0.3) is 0 Å². The van der Waals surface area contributed by atoms with Crippen LogP contribution in [-0.4, -0.2) is 33.1 Å². The zero-order valence-electron chi connectivity index (χ0n) is 11.5. The van der Waals surface area contributed by atoms with E-state index in [0.717, 1.165) is 31.2 Å². The van der Waals surface area contributed by atoms with Crippen molar-refractivity contribution in [2.45, 2.75) is 50.8 Å². The monoisotopic (exact) mass is 266 g/mol. The van der Waals surface area contributed by atoms with Crippen molar-refractivity contribution < 1.29 is 9.90 Å². The number of urea groups is 1. The highest BCUT2D eigenvalue weighted by atomic mass is 16.3. The topological polar surface area (TPSA) is 79.2 Å². The second kappa shape index (κ2) is 6.06. The zero-order valence-corrected chi connectivity index (χ0v) is 11.5. The fraction of sp³-hybridized carbons (Fsp3) is 0.692. The first-order chi connectivity index (χ1) is 9.04. The fourth-order valence-corrected chi connectivity index (χ4v) is 2.39. The van der Waals surface area contributed by atoms with Crippen molar-refractivity contribution in [2.75, 3.05) is 0 Å². The van der Waals surface area contributed by atoms with E-state index >= 15 is 0 Å². The highest BCUT2D eigenvalue weighted by molar-refractivity contribution is 5.74. The first-order valence-electron chi connectivity index (χ1n) is 6.78. The minimum Gasteiger partial charge on any atom is -0.393 e. The molecule has 0 aromatic carbocycles. The summed E-state index contributed by atoms with van der Waals surface area (Å²) in [5, 5.41) is 19.4. The average molecular weight is 266 g/mol. The van der Waals surface area contributed by atoms with Crippen LogP contribution in [0.5, 0.6) is 0 Å². The lowest BCUT2D eigenvalue weighted by molar-refractivity contribution is 0.117. The summed E-state index contributed by atoms with van der Waals surface area (Å²) in [6.45, 7) is 1.93. The highest BCUT2D eigenvalue weighted by Crippen LogP contribution is 2.18. The van der Waals surface area contributed by atoms with Gasteiger partial charge in [0.15, 0.2) is 0 Å². The Labute approximate surface area is 113 Å². The number of aromatic nitrogens is 2. The maximum absolute atomic E-state index is 11.9. The van der Waals surface area contributed by atoms with Crippen molar-refractivity contribution >= 4 is 6.03 Å². The van der Waals surface area contributed by atoms with Crippen molar-refractivity contribution in [3.63, 3.8) is 0 Å². The van der Waals surface area contributed by atoms with E-state index in [9.17, 15) is 9.90 Å². The molecule has 1 unspecified atom stereocenters. The number of hydrogen-bond acceptors (Lipinski definition) is 3. The Morgan fingerprint density at radius 2 is 2.16 bits per heavy atom.